The zero-order valence-electron chi connectivity index (χ0n) is 9.41. The maximum Gasteiger partial charge on any atom is 0.261 e. The van der Waals surface area contributed by atoms with E-state index in [0.29, 0.717) is 11.1 Å². The molecule has 2 rings (SSSR count). The maximum absolute atomic E-state index is 11.9. The normalized spacial score (nSPS) is 14.1. The SMILES string of the molecule is NC(N)=N/N=C/CN1C(=O)c2ccccc2C1=O. The summed E-state index contributed by atoms with van der Waals surface area (Å²) in [7, 11) is 0. The van der Waals surface area contributed by atoms with Crippen molar-refractivity contribution in [2.24, 2.45) is 21.7 Å². The van der Waals surface area contributed by atoms with Gasteiger partial charge in [0.2, 0.25) is 5.96 Å². The summed E-state index contributed by atoms with van der Waals surface area (Å²) in [5, 5.41) is 6.91. The average molecular weight is 245 g/mol. The third kappa shape index (κ3) is 2.05. The minimum Gasteiger partial charge on any atom is -0.369 e. The molecule has 7 heteroatoms. The number of guanidine groups is 1. The molecule has 92 valence electrons. The number of fused-ring (bicyclic) bond motifs is 1. The molecule has 2 amide bonds. The van der Waals surface area contributed by atoms with Gasteiger partial charge in [-0.2, -0.15) is 5.10 Å². The fraction of sp³-hybridized carbons (Fsp3) is 0.0909. The smallest absolute Gasteiger partial charge is 0.261 e. The first-order chi connectivity index (χ1) is 8.61. The van der Waals surface area contributed by atoms with Gasteiger partial charge >= 0.3 is 0 Å². The highest BCUT2D eigenvalue weighted by Crippen LogP contribution is 2.21. The van der Waals surface area contributed by atoms with Crippen LogP contribution in [0.15, 0.2) is 34.5 Å². The van der Waals surface area contributed by atoms with Crippen molar-refractivity contribution in [1.82, 2.24) is 4.90 Å². The molecular formula is C11H11N5O2. The largest absolute Gasteiger partial charge is 0.369 e. The second kappa shape index (κ2) is 4.66. The van der Waals surface area contributed by atoms with E-state index in [-0.39, 0.29) is 24.3 Å². The molecule has 1 aromatic rings. The van der Waals surface area contributed by atoms with Crippen LogP contribution >= 0.6 is 0 Å². The minimum absolute atomic E-state index is 0.0309. The van der Waals surface area contributed by atoms with E-state index in [1.807, 2.05) is 0 Å². The van der Waals surface area contributed by atoms with Crippen LogP contribution in [0.2, 0.25) is 0 Å². The Kier molecular flexibility index (Phi) is 3.05. The number of imide groups is 1. The Labute approximate surface area is 103 Å². The highest BCUT2D eigenvalue weighted by Gasteiger charge is 2.34. The molecule has 0 fully saturated rings. The Hall–Kier alpha value is -2.70. The van der Waals surface area contributed by atoms with Crippen LogP contribution in [0.25, 0.3) is 0 Å². The van der Waals surface area contributed by atoms with Crippen LogP contribution in [0.4, 0.5) is 0 Å². The molecule has 1 aliphatic heterocycles. The average Bonchev–Trinajstić information content (AvgIpc) is 2.59. The lowest BCUT2D eigenvalue weighted by Gasteiger charge is -2.09. The molecule has 4 N–H and O–H groups in total. The molecule has 7 nitrogen and oxygen atoms in total. The van der Waals surface area contributed by atoms with Gasteiger partial charge in [0.15, 0.2) is 0 Å². The first kappa shape index (κ1) is 11.8. The number of nitrogens with zero attached hydrogens (tertiary/aromatic N) is 3. The number of nitrogens with two attached hydrogens (primary N) is 2. The van der Waals surface area contributed by atoms with E-state index >= 15 is 0 Å². The van der Waals surface area contributed by atoms with Crippen molar-refractivity contribution in [2.75, 3.05) is 6.54 Å². The standard InChI is InChI=1S/C11H11N5O2/c12-11(13)15-14-5-6-16-9(17)7-3-1-2-4-8(7)10(16)18/h1-5H,6H2,(H4,12,13,15)/b14-5+. The van der Waals surface area contributed by atoms with Crippen LogP contribution in [-0.4, -0.2) is 35.4 Å². The number of rotatable bonds is 3. The Morgan fingerprint density at radius 2 is 1.72 bits per heavy atom. The molecule has 0 aliphatic carbocycles. The summed E-state index contributed by atoms with van der Waals surface area (Å²) in [4.78, 5) is 24.9. The van der Waals surface area contributed by atoms with Gasteiger partial charge in [-0.05, 0) is 12.1 Å². The predicted octanol–water partition coefficient (Wildman–Crippen LogP) is -0.458. The number of carbonyl (C=O) groups is 2. The quantitative estimate of drug-likeness (QED) is 0.324. The number of hydrogen-bond acceptors (Lipinski definition) is 4. The van der Waals surface area contributed by atoms with Crippen LogP contribution in [0.5, 0.6) is 0 Å². The molecule has 0 radical (unpaired) electrons. The van der Waals surface area contributed by atoms with E-state index in [9.17, 15) is 9.59 Å². The van der Waals surface area contributed by atoms with E-state index in [1.165, 1.54) is 6.21 Å². The van der Waals surface area contributed by atoms with Gasteiger partial charge in [0, 0.05) is 6.21 Å². The van der Waals surface area contributed by atoms with Gasteiger partial charge < -0.3 is 11.5 Å². The van der Waals surface area contributed by atoms with Crippen molar-refractivity contribution in [3.05, 3.63) is 35.4 Å². The number of carbonyl (C=O) groups excluding carboxylic acids is 2. The van der Waals surface area contributed by atoms with Gasteiger partial charge in [-0.3, -0.25) is 14.5 Å². The van der Waals surface area contributed by atoms with Gasteiger partial charge in [-0.25, -0.2) is 0 Å². The van der Waals surface area contributed by atoms with E-state index in [0.717, 1.165) is 4.90 Å². The van der Waals surface area contributed by atoms with Crippen molar-refractivity contribution in [3.63, 3.8) is 0 Å². The van der Waals surface area contributed by atoms with Gasteiger partial charge in [0.1, 0.15) is 0 Å². The highest BCUT2D eigenvalue weighted by molar-refractivity contribution is 6.22. The fourth-order valence-corrected chi connectivity index (χ4v) is 1.63. The molecule has 1 aromatic carbocycles. The molecule has 18 heavy (non-hydrogen) atoms. The molecule has 0 saturated heterocycles. The summed E-state index contributed by atoms with van der Waals surface area (Å²) >= 11 is 0. The van der Waals surface area contributed by atoms with E-state index < -0.39 is 0 Å². The predicted molar refractivity (Wildman–Crippen MR) is 66.1 cm³/mol. The van der Waals surface area contributed by atoms with Crippen molar-refractivity contribution < 1.29 is 9.59 Å². The van der Waals surface area contributed by atoms with E-state index in [1.54, 1.807) is 24.3 Å². The zero-order valence-corrected chi connectivity index (χ0v) is 9.41. The molecule has 0 atom stereocenters. The van der Waals surface area contributed by atoms with Gasteiger partial charge in [0.25, 0.3) is 11.8 Å². The molecule has 0 aromatic heterocycles. The number of amides is 2. The van der Waals surface area contributed by atoms with Crippen molar-refractivity contribution in [2.45, 2.75) is 0 Å². The topological polar surface area (TPSA) is 114 Å². The summed E-state index contributed by atoms with van der Waals surface area (Å²) < 4.78 is 0. The van der Waals surface area contributed by atoms with Crippen LogP contribution in [0.3, 0.4) is 0 Å². The molecule has 0 saturated carbocycles. The molecule has 1 heterocycles. The Balaban J connectivity index is 2.14. The third-order valence-corrected chi connectivity index (χ3v) is 2.40. The summed E-state index contributed by atoms with van der Waals surface area (Å²) in [5.41, 5.74) is 11.0. The van der Waals surface area contributed by atoms with Gasteiger partial charge in [-0.15, -0.1) is 5.10 Å². The molecule has 0 bridgehead atoms. The van der Waals surface area contributed by atoms with Gasteiger partial charge in [0.05, 0.1) is 17.7 Å². The summed E-state index contributed by atoms with van der Waals surface area (Å²) in [6.07, 6.45) is 1.29. The highest BCUT2D eigenvalue weighted by atomic mass is 16.2. The van der Waals surface area contributed by atoms with Crippen LogP contribution < -0.4 is 11.5 Å². The number of benzene rings is 1. The van der Waals surface area contributed by atoms with Crippen LogP contribution in [0, 0.1) is 0 Å². The first-order valence-corrected chi connectivity index (χ1v) is 5.17. The Morgan fingerprint density at radius 1 is 1.17 bits per heavy atom. The van der Waals surface area contributed by atoms with E-state index in [4.69, 9.17) is 11.5 Å². The Bertz CT molecular complexity index is 525. The summed E-state index contributed by atoms with van der Waals surface area (Å²) in [5.74, 6) is -0.868. The van der Waals surface area contributed by atoms with Crippen LogP contribution in [0.1, 0.15) is 20.7 Å². The lowest BCUT2D eigenvalue weighted by molar-refractivity contribution is 0.0679. The first-order valence-electron chi connectivity index (χ1n) is 5.17. The summed E-state index contributed by atoms with van der Waals surface area (Å²) in [6.45, 7) is 0.0309. The second-order valence-electron chi connectivity index (χ2n) is 3.59. The van der Waals surface area contributed by atoms with Crippen molar-refractivity contribution in [3.8, 4) is 0 Å². The molecule has 1 aliphatic rings. The number of hydrogen-bond donors (Lipinski definition) is 2. The monoisotopic (exact) mass is 245 g/mol. The molecular weight excluding hydrogens is 234 g/mol. The van der Waals surface area contributed by atoms with Gasteiger partial charge in [-0.1, -0.05) is 12.1 Å². The van der Waals surface area contributed by atoms with Crippen molar-refractivity contribution >= 4 is 24.0 Å². The molecule has 0 unspecified atom stereocenters. The minimum atomic E-state index is -0.341. The zero-order chi connectivity index (χ0) is 13.1. The fourth-order valence-electron chi connectivity index (χ4n) is 1.63. The molecule has 0 spiro atoms. The lowest BCUT2D eigenvalue weighted by atomic mass is 10.1. The second-order valence-corrected chi connectivity index (χ2v) is 3.59. The van der Waals surface area contributed by atoms with Crippen molar-refractivity contribution in [1.29, 1.82) is 0 Å². The summed E-state index contributed by atoms with van der Waals surface area (Å²) in [6, 6.07) is 6.65. The third-order valence-electron chi connectivity index (χ3n) is 2.40. The Morgan fingerprint density at radius 3 is 2.22 bits per heavy atom. The van der Waals surface area contributed by atoms with E-state index in [2.05, 4.69) is 10.2 Å². The maximum atomic E-state index is 11.9. The lowest BCUT2D eigenvalue weighted by Crippen LogP contribution is -2.31. The van der Waals surface area contributed by atoms with Crippen LogP contribution in [-0.2, 0) is 0 Å².